The second kappa shape index (κ2) is 7.54. The van der Waals surface area contributed by atoms with Crippen LogP contribution >= 0.6 is 0 Å². The Bertz CT molecular complexity index is 930. The summed E-state index contributed by atoms with van der Waals surface area (Å²) >= 11 is 0. The highest BCUT2D eigenvalue weighted by atomic mass is 16.1. The topological polar surface area (TPSA) is 58.4 Å². The van der Waals surface area contributed by atoms with Crippen molar-refractivity contribution in [3.63, 3.8) is 0 Å². The van der Waals surface area contributed by atoms with E-state index in [0.717, 1.165) is 24.2 Å². The second-order valence-corrected chi connectivity index (χ2v) is 6.86. The third-order valence-corrected chi connectivity index (χ3v) is 5.01. The summed E-state index contributed by atoms with van der Waals surface area (Å²) < 4.78 is 0. The molecule has 0 spiro atoms. The van der Waals surface area contributed by atoms with E-state index in [1.807, 2.05) is 72.8 Å². The van der Waals surface area contributed by atoms with Crippen LogP contribution in [0.25, 0.3) is 11.1 Å². The Kier molecular flexibility index (Phi) is 4.79. The molecule has 27 heavy (non-hydrogen) atoms. The summed E-state index contributed by atoms with van der Waals surface area (Å²) in [6.07, 6.45) is 2.47. The van der Waals surface area contributed by atoms with Gasteiger partial charge in [0.25, 0.3) is 5.91 Å². The zero-order valence-electron chi connectivity index (χ0n) is 15.2. The number of nitrogens with zero attached hydrogens (tertiary/aromatic N) is 1. The van der Waals surface area contributed by atoms with Gasteiger partial charge in [-0.3, -0.25) is 4.79 Å². The van der Waals surface area contributed by atoms with Gasteiger partial charge in [0, 0.05) is 24.3 Å². The van der Waals surface area contributed by atoms with Crippen molar-refractivity contribution in [2.45, 2.75) is 12.8 Å². The van der Waals surface area contributed by atoms with Gasteiger partial charge in [0.1, 0.15) is 0 Å². The number of hydrogen-bond donors (Lipinski definition) is 2. The summed E-state index contributed by atoms with van der Waals surface area (Å²) in [5.74, 6) is -0.153. The number of anilines is 3. The molecule has 0 unspecified atom stereocenters. The number of nitrogens with two attached hydrogens (primary N) is 1. The van der Waals surface area contributed by atoms with Crippen LogP contribution in [0.1, 0.15) is 23.2 Å². The molecule has 1 aliphatic rings. The summed E-state index contributed by atoms with van der Waals surface area (Å²) in [5.41, 5.74) is 11.2. The molecule has 136 valence electrons. The van der Waals surface area contributed by atoms with Crippen LogP contribution in [-0.4, -0.2) is 19.0 Å². The number of benzene rings is 3. The molecular weight excluding hydrogens is 334 g/mol. The average molecular weight is 357 g/mol. The zero-order chi connectivity index (χ0) is 18.6. The number of carbonyl (C=O) groups is 1. The highest BCUT2D eigenvalue weighted by molar-refractivity contribution is 6.06. The first-order valence-corrected chi connectivity index (χ1v) is 9.32. The van der Waals surface area contributed by atoms with Gasteiger partial charge in [0.15, 0.2) is 0 Å². The van der Waals surface area contributed by atoms with Gasteiger partial charge in [-0.1, -0.05) is 36.4 Å². The van der Waals surface area contributed by atoms with Gasteiger partial charge in [-0.25, -0.2) is 0 Å². The van der Waals surface area contributed by atoms with E-state index < -0.39 is 0 Å². The molecule has 4 rings (SSSR count). The number of hydrogen-bond acceptors (Lipinski definition) is 3. The van der Waals surface area contributed by atoms with Gasteiger partial charge in [-0.05, 0) is 60.4 Å². The van der Waals surface area contributed by atoms with Crippen LogP contribution in [0.3, 0.4) is 0 Å². The standard InChI is InChI=1S/C23H23N3O/c24-21-13-10-19(17-6-2-1-3-7-17)16-22(21)25-23(27)18-8-11-20(12-9-18)26-14-4-5-15-26/h1-3,6-13,16H,4-5,14-15,24H2,(H,25,27). The van der Waals surface area contributed by atoms with Crippen LogP contribution in [0.4, 0.5) is 17.1 Å². The molecule has 4 heteroatoms. The molecule has 3 aromatic carbocycles. The first-order valence-electron chi connectivity index (χ1n) is 9.32. The van der Waals surface area contributed by atoms with Crippen molar-refractivity contribution in [3.8, 4) is 11.1 Å². The van der Waals surface area contributed by atoms with Crippen molar-refractivity contribution in [2.24, 2.45) is 0 Å². The lowest BCUT2D eigenvalue weighted by Crippen LogP contribution is -2.18. The maximum absolute atomic E-state index is 12.7. The van der Waals surface area contributed by atoms with Gasteiger partial charge in [-0.2, -0.15) is 0 Å². The Morgan fingerprint density at radius 1 is 0.852 bits per heavy atom. The molecule has 0 bridgehead atoms. The zero-order valence-corrected chi connectivity index (χ0v) is 15.2. The predicted octanol–water partition coefficient (Wildman–Crippen LogP) is 4.79. The molecule has 0 aliphatic carbocycles. The predicted molar refractivity (Wildman–Crippen MR) is 112 cm³/mol. The smallest absolute Gasteiger partial charge is 0.255 e. The van der Waals surface area contributed by atoms with Crippen LogP contribution in [0.2, 0.25) is 0 Å². The Morgan fingerprint density at radius 3 is 2.26 bits per heavy atom. The van der Waals surface area contributed by atoms with Crippen molar-refractivity contribution in [1.82, 2.24) is 0 Å². The minimum Gasteiger partial charge on any atom is -0.397 e. The molecule has 0 radical (unpaired) electrons. The molecule has 0 aromatic heterocycles. The molecule has 1 amide bonds. The third-order valence-electron chi connectivity index (χ3n) is 5.01. The van der Waals surface area contributed by atoms with Crippen LogP contribution < -0.4 is 16.0 Å². The minimum absolute atomic E-state index is 0.153. The maximum atomic E-state index is 12.7. The number of nitrogen functional groups attached to an aromatic ring is 1. The van der Waals surface area contributed by atoms with Gasteiger partial charge >= 0.3 is 0 Å². The largest absolute Gasteiger partial charge is 0.397 e. The minimum atomic E-state index is -0.153. The molecule has 4 nitrogen and oxygen atoms in total. The fourth-order valence-corrected chi connectivity index (χ4v) is 3.47. The fraction of sp³-hybridized carbons (Fsp3) is 0.174. The van der Waals surface area contributed by atoms with E-state index in [9.17, 15) is 4.79 Å². The first-order chi connectivity index (χ1) is 13.2. The van der Waals surface area contributed by atoms with Gasteiger partial charge in [0.2, 0.25) is 0 Å². The lowest BCUT2D eigenvalue weighted by atomic mass is 10.0. The van der Waals surface area contributed by atoms with Gasteiger partial charge < -0.3 is 16.0 Å². The molecule has 1 fully saturated rings. The first kappa shape index (κ1) is 17.2. The van der Waals surface area contributed by atoms with Crippen LogP contribution in [-0.2, 0) is 0 Å². The molecule has 3 N–H and O–H groups in total. The molecule has 1 saturated heterocycles. The summed E-state index contributed by atoms with van der Waals surface area (Å²) in [7, 11) is 0. The Balaban J connectivity index is 1.52. The van der Waals surface area contributed by atoms with Crippen LogP contribution in [0.5, 0.6) is 0 Å². The molecule has 1 aliphatic heterocycles. The summed E-state index contributed by atoms with van der Waals surface area (Å²) in [6.45, 7) is 2.18. The van der Waals surface area contributed by atoms with Crippen molar-refractivity contribution >= 4 is 23.0 Å². The monoisotopic (exact) mass is 357 g/mol. The quantitative estimate of drug-likeness (QED) is 0.660. The van der Waals surface area contributed by atoms with E-state index in [1.54, 1.807) is 0 Å². The van der Waals surface area contributed by atoms with E-state index in [-0.39, 0.29) is 5.91 Å². The van der Waals surface area contributed by atoms with Gasteiger partial charge in [-0.15, -0.1) is 0 Å². The van der Waals surface area contributed by atoms with Crippen molar-refractivity contribution < 1.29 is 4.79 Å². The maximum Gasteiger partial charge on any atom is 0.255 e. The van der Waals surface area contributed by atoms with Gasteiger partial charge in [0.05, 0.1) is 11.4 Å². The highest BCUT2D eigenvalue weighted by Crippen LogP contribution is 2.28. The molecule has 1 heterocycles. The van der Waals surface area contributed by atoms with Crippen molar-refractivity contribution in [1.29, 1.82) is 0 Å². The molecule has 0 atom stereocenters. The molecule has 3 aromatic rings. The normalized spacial score (nSPS) is 13.6. The van der Waals surface area contributed by atoms with Crippen molar-refractivity contribution in [2.75, 3.05) is 29.0 Å². The molecule has 0 saturated carbocycles. The highest BCUT2D eigenvalue weighted by Gasteiger charge is 2.14. The second-order valence-electron chi connectivity index (χ2n) is 6.86. The summed E-state index contributed by atoms with van der Waals surface area (Å²) in [5, 5.41) is 2.95. The van der Waals surface area contributed by atoms with Crippen LogP contribution in [0.15, 0.2) is 72.8 Å². The Labute approximate surface area is 159 Å². The lowest BCUT2D eigenvalue weighted by Gasteiger charge is -2.17. The number of nitrogens with one attached hydrogen (secondary N) is 1. The van der Waals surface area contributed by atoms with E-state index in [1.165, 1.54) is 18.5 Å². The number of amides is 1. The molecular formula is C23H23N3O. The summed E-state index contributed by atoms with van der Waals surface area (Å²) in [6, 6.07) is 23.5. The van der Waals surface area contributed by atoms with E-state index >= 15 is 0 Å². The lowest BCUT2D eigenvalue weighted by molar-refractivity contribution is 0.102. The summed E-state index contributed by atoms with van der Waals surface area (Å²) in [4.78, 5) is 15.0. The number of carbonyl (C=O) groups excluding carboxylic acids is 1. The van der Waals surface area contributed by atoms with E-state index in [2.05, 4.69) is 10.2 Å². The Hall–Kier alpha value is -3.27. The number of rotatable bonds is 4. The third kappa shape index (κ3) is 3.80. The average Bonchev–Trinajstić information content (AvgIpc) is 3.25. The van der Waals surface area contributed by atoms with Crippen LogP contribution in [0, 0.1) is 0 Å². The Morgan fingerprint density at radius 2 is 1.56 bits per heavy atom. The van der Waals surface area contributed by atoms with E-state index in [0.29, 0.717) is 16.9 Å². The van der Waals surface area contributed by atoms with E-state index in [4.69, 9.17) is 5.73 Å². The van der Waals surface area contributed by atoms with Crippen molar-refractivity contribution in [3.05, 3.63) is 78.4 Å². The fourth-order valence-electron chi connectivity index (χ4n) is 3.47. The SMILES string of the molecule is Nc1ccc(-c2ccccc2)cc1NC(=O)c1ccc(N2CCCC2)cc1.